The number of hydrogen-bond donors (Lipinski definition) is 1. The van der Waals surface area contributed by atoms with E-state index in [1.54, 1.807) is 12.1 Å². The molecule has 3 saturated heterocycles. The molecule has 1 N–H and O–H groups in total. The van der Waals surface area contributed by atoms with Gasteiger partial charge in [-0.05, 0) is 42.8 Å². The number of fused-ring (bicyclic) bond motifs is 1. The lowest BCUT2D eigenvalue weighted by atomic mass is 10.0. The van der Waals surface area contributed by atoms with Crippen LogP contribution in [-0.4, -0.2) is 96.9 Å². The number of piperazine rings is 1. The summed E-state index contributed by atoms with van der Waals surface area (Å²) >= 11 is 0. The van der Waals surface area contributed by atoms with Crippen molar-refractivity contribution in [2.45, 2.75) is 37.7 Å². The Labute approximate surface area is 247 Å². The SMILES string of the molecule is O=C1CCC(N2Cc3c(OC4CN(CC#CCN5CCN(c6ccc(C(F)(F)F)cc6)CC5)C4)cccc3C2=O)C(=O)N1. The second-order valence-electron chi connectivity index (χ2n) is 11.3. The van der Waals surface area contributed by atoms with Gasteiger partial charge in [-0.15, -0.1) is 0 Å². The predicted octanol–water partition coefficient (Wildman–Crippen LogP) is 2.36. The topological polar surface area (TPSA) is 85.4 Å². The summed E-state index contributed by atoms with van der Waals surface area (Å²) < 4.78 is 44.7. The smallest absolute Gasteiger partial charge is 0.416 e. The first-order valence-corrected chi connectivity index (χ1v) is 14.4. The minimum absolute atomic E-state index is 0.0219. The number of imide groups is 1. The lowest BCUT2D eigenvalue weighted by Gasteiger charge is -2.38. The van der Waals surface area contributed by atoms with Crippen LogP contribution in [0, 0.1) is 11.8 Å². The Morgan fingerprint density at radius 3 is 2.28 bits per heavy atom. The average Bonchev–Trinajstić information content (AvgIpc) is 3.30. The van der Waals surface area contributed by atoms with Crippen molar-refractivity contribution < 1.29 is 32.3 Å². The number of ether oxygens (including phenoxy) is 1. The molecule has 1 unspecified atom stereocenters. The summed E-state index contributed by atoms with van der Waals surface area (Å²) in [5, 5.41) is 2.32. The molecule has 3 amide bonds. The zero-order chi connectivity index (χ0) is 30.1. The first-order chi connectivity index (χ1) is 20.7. The zero-order valence-corrected chi connectivity index (χ0v) is 23.5. The summed E-state index contributed by atoms with van der Waals surface area (Å²) in [7, 11) is 0. The molecule has 6 rings (SSSR count). The Morgan fingerprint density at radius 1 is 0.907 bits per heavy atom. The minimum atomic E-state index is -4.33. The van der Waals surface area contributed by atoms with Gasteiger partial charge in [0.05, 0.1) is 25.2 Å². The van der Waals surface area contributed by atoms with E-state index in [2.05, 4.69) is 31.9 Å². The molecule has 0 saturated carbocycles. The summed E-state index contributed by atoms with van der Waals surface area (Å²) in [4.78, 5) is 44.9. The van der Waals surface area contributed by atoms with Crippen LogP contribution in [0.1, 0.15) is 34.3 Å². The van der Waals surface area contributed by atoms with E-state index in [0.717, 1.165) is 62.7 Å². The molecule has 1 atom stereocenters. The van der Waals surface area contributed by atoms with E-state index in [4.69, 9.17) is 4.74 Å². The molecule has 0 spiro atoms. The lowest BCUT2D eigenvalue weighted by molar-refractivity contribution is -0.138. The highest BCUT2D eigenvalue weighted by Gasteiger charge is 2.40. The number of alkyl halides is 3. The summed E-state index contributed by atoms with van der Waals surface area (Å²) in [6.45, 7) is 6.03. The molecule has 9 nitrogen and oxygen atoms in total. The van der Waals surface area contributed by atoms with Crippen LogP contribution in [0.3, 0.4) is 0 Å². The van der Waals surface area contributed by atoms with Crippen LogP contribution in [0.25, 0.3) is 0 Å². The molecular weight excluding hydrogens is 563 g/mol. The van der Waals surface area contributed by atoms with Gasteiger partial charge in [0.25, 0.3) is 5.91 Å². The molecular formula is C31H32F3N5O4. The van der Waals surface area contributed by atoms with E-state index in [1.807, 2.05) is 6.07 Å². The third-order valence-corrected chi connectivity index (χ3v) is 8.42. The van der Waals surface area contributed by atoms with E-state index in [0.29, 0.717) is 30.8 Å². The third-order valence-electron chi connectivity index (χ3n) is 8.42. The van der Waals surface area contributed by atoms with Crippen molar-refractivity contribution in [3.8, 4) is 17.6 Å². The molecule has 12 heteroatoms. The first kappa shape index (κ1) is 29.0. The van der Waals surface area contributed by atoms with E-state index in [-0.39, 0.29) is 30.9 Å². The number of halogens is 3. The van der Waals surface area contributed by atoms with Crippen molar-refractivity contribution >= 4 is 23.4 Å². The zero-order valence-electron chi connectivity index (χ0n) is 23.5. The van der Waals surface area contributed by atoms with Crippen LogP contribution in [0.2, 0.25) is 0 Å². The normalized spacial score (nSPS) is 21.7. The van der Waals surface area contributed by atoms with Crippen molar-refractivity contribution in [1.29, 1.82) is 0 Å². The molecule has 2 aromatic rings. The van der Waals surface area contributed by atoms with Crippen LogP contribution < -0.4 is 15.0 Å². The van der Waals surface area contributed by atoms with Crippen molar-refractivity contribution in [2.24, 2.45) is 0 Å². The van der Waals surface area contributed by atoms with E-state index in [9.17, 15) is 27.6 Å². The average molecular weight is 596 g/mol. The van der Waals surface area contributed by atoms with Crippen molar-refractivity contribution in [3.05, 3.63) is 59.2 Å². The lowest BCUT2D eigenvalue weighted by Crippen LogP contribution is -2.53. The number of hydrogen-bond acceptors (Lipinski definition) is 7. The highest BCUT2D eigenvalue weighted by atomic mass is 19.4. The molecule has 0 aromatic heterocycles. The number of likely N-dealkylation sites (tertiary alicyclic amines) is 1. The maximum absolute atomic E-state index is 13.0. The van der Waals surface area contributed by atoms with Gasteiger partial charge in [0.15, 0.2) is 0 Å². The highest BCUT2D eigenvalue weighted by Crippen LogP contribution is 2.35. The Kier molecular flexibility index (Phi) is 8.03. The Morgan fingerprint density at radius 2 is 1.60 bits per heavy atom. The molecule has 0 bridgehead atoms. The van der Waals surface area contributed by atoms with Crippen molar-refractivity contribution in [3.63, 3.8) is 0 Å². The molecule has 0 aliphatic carbocycles. The van der Waals surface area contributed by atoms with Crippen molar-refractivity contribution in [1.82, 2.24) is 20.0 Å². The van der Waals surface area contributed by atoms with Gasteiger partial charge in [-0.2, -0.15) is 13.2 Å². The molecule has 4 aliphatic rings. The third kappa shape index (κ3) is 6.33. The first-order valence-electron chi connectivity index (χ1n) is 14.4. The summed E-state index contributed by atoms with van der Waals surface area (Å²) in [6.07, 6.45) is -3.82. The molecule has 43 heavy (non-hydrogen) atoms. The largest absolute Gasteiger partial charge is 0.487 e. The second kappa shape index (κ2) is 11.9. The standard InChI is InChI=1S/C31H32F3N5O4/c32-31(33,34)21-6-8-22(9-7-21)38-16-14-36(15-17-38)12-1-2-13-37-18-23(19-37)43-27-5-3-4-24-25(27)20-39(30(24)42)26-10-11-28(40)35-29(26)41/h3-9,23,26H,10-20H2,(H,35,40,41). The highest BCUT2D eigenvalue weighted by molar-refractivity contribution is 6.05. The second-order valence-corrected chi connectivity index (χ2v) is 11.3. The Bertz CT molecular complexity index is 1450. The predicted molar refractivity (Wildman–Crippen MR) is 151 cm³/mol. The van der Waals surface area contributed by atoms with Gasteiger partial charge in [-0.3, -0.25) is 29.5 Å². The fraction of sp³-hybridized carbons (Fsp3) is 0.452. The van der Waals surface area contributed by atoms with Gasteiger partial charge >= 0.3 is 6.18 Å². The summed E-state index contributed by atoms with van der Waals surface area (Å²) in [5.41, 5.74) is 1.47. The van der Waals surface area contributed by atoms with Gasteiger partial charge in [0, 0.05) is 62.5 Å². The van der Waals surface area contributed by atoms with E-state index >= 15 is 0 Å². The number of piperidine rings is 1. The van der Waals surface area contributed by atoms with E-state index in [1.165, 1.54) is 17.0 Å². The van der Waals surface area contributed by atoms with Gasteiger partial charge in [0.1, 0.15) is 17.9 Å². The maximum Gasteiger partial charge on any atom is 0.416 e. The van der Waals surface area contributed by atoms with Crippen molar-refractivity contribution in [2.75, 3.05) is 57.3 Å². The van der Waals surface area contributed by atoms with Crippen LogP contribution >= 0.6 is 0 Å². The fourth-order valence-corrected chi connectivity index (χ4v) is 5.93. The van der Waals surface area contributed by atoms with Crippen LogP contribution in [0.15, 0.2) is 42.5 Å². The number of amides is 3. The van der Waals surface area contributed by atoms with Gasteiger partial charge in [-0.1, -0.05) is 17.9 Å². The number of carbonyl (C=O) groups excluding carboxylic acids is 3. The Hall–Kier alpha value is -4.08. The fourth-order valence-electron chi connectivity index (χ4n) is 5.93. The molecule has 4 heterocycles. The number of nitrogens with one attached hydrogen (secondary N) is 1. The van der Waals surface area contributed by atoms with Gasteiger partial charge < -0.3 is 14.5 Å². The molecule has 226 valence electrons. The summed E-state index contributed by atoms with van der Waals surface area (Å²) in [5.74, 6) is 6.13. The van der Waals surface area contributed by atoms with Gasteiger partial charge in [-0.25, -0.2) is 0 Å². The monoisotopic (exact) mass is 595 g/mol. The number of anilines is 1. The number of benzene rings is 2. The number of carbonyl (C=O) groups is 3. The van der Waals surface area contributed by atoms with Crippen LogP contribution in [0.5, 0.6) is 5.75 Å². The molecule has 0 radical (unpaired) electrons. The molecule has 2 aromatic carbocycles. The van der Waals surface area contributed by atoms with Crippen LogP contribution in [-0.2, 0) is 22.3 Å². The van der Waals surface area contributed by atoms with Crippen LogP contribution in [0.4, 0.5) is 18.9 Å². The summed E-state index contributed by atoms with van der Waals surface area (Å²) in [6, 6.07) is 10.0. The molecule has 4 aliphatic heterocycles. The quantitative estimate of drug-likeness (QED) is 0.406. The molecule has 3 fully saturated rings. The number of nitrogens with zero attached hydrogens (tertiary/aromatic N) is 4. The maximum atomic E-state index is 13.0. The minimum Gasteiger partial charge on any atom is -0.487 e. The Balaban J connectivity index is 0.925. The number of rotatable bonds is 6. The van der Waals surface area contributed by atoms with E-state index < -0.39 is 23.7 Å². The van der Waals surface area contributed by atoms with Gasteiger partial charge in [0.2, 0.25) is 11.8 Å².